The van der Waals surface area contributed by atoms with Crippen LogP contribution in [0, 0.1) is 6.92 Å². The molecular weight excluding hydrogens is 355 g/mol. The Labute approximate surface area is 147 Å². The molecule has 0 unspecified atom stereocenters. The summed E-state index contributed by atoms with van der Waals surface area (Å²) < 4.78 is 11.5. The Kier molecular flexibility index (Phi) is 4.48. The molecule has 0 saturated carbocycles. The van der Waals surface area contributed by atoms with Gasteiger partial charge in [-0.15, -0.1) is 11.3 Å². The van der Waals surface area contributed by atoms with Crippen LogP contribution in [0.25, 0.3) is 10.1 Å². The maximum absolute atomic E-state index is 12.4. The van der Waals surface area contributed by atoms with Crippen LogP contribution in [0.5, 0.6) is 11.5 Å². The normalized spacial score (nSPS) is 10.8. The van der Waals surface area contributed by atoms with Crippen molar-refractivity contribution >= 4 is 50.6 Å². The summed E-state index contributed by atoms with van der Waals surface area (Å²) >= 11 is 13.6. The molecule has 23 heavy (non-hydrogen) atoms. The van der Waals surface area contributed by atoms with Gasteiger partial charge in [0.2, 0.25) is 0 Å². The van der Waals surface area contributed by atoms with Gasteiger partial charge in [-0.05, 0) is 48.9 Å². The van der Waals surface area contributed by atoms with Gasteiger partial charge < -0.3 is 9.47 Å². The molecule has 1 heterocycles. The SMILES string of the molecule is COc1ccc2c(Cl)c(C(=O)Oc3ccc(Cl)c(C)c3)sc2c1. The van der Waals surface area contributed by atoms with Crippen LogP contribution in [0.4, 0.5) is 0 Å². The fourth-order valence-electron chi connectivity index (χ4n) is 2.14. The number of fused-ring (bicyclic) bond motifs is 1. The van der Waals surface area contributed by atoms with Gasteiger partial charge in [-0.1, -0.05) is 23.2 Å². The number of thiophene rings is 1. The fourth-order valence-corrected chi connectivity index (χ4v) is 3.67. The van der Waals surface area contributed by atoms with E-state index in [1.165, 1.54) is 11.3 Å². The zero-order chi connectivity index (χ0) is 16.6. The number of benzene rings is 2. The highest BCUT2D eigenvalue weighted by atomic mass is 35.5. The summed E-state index contributed by atoms with van der Waals surface area (Å²) in [7, 11) is 1.59. The van der Waals surface area contributed by atoms with Crippen LogP contribution in [0.1, 0.15) is 15.2 Å². The summed E-state index contributed by atoms with van der Waals surface area (Å²) in [4.78, 5) is 12.8. The van der Waals surface area contributed by atoms with E-state index >= 15 is 0 Å². The van der Waals surface area contributed by atoms with Crippen LogP contribution in [0.15, 0.2) is 36.4 Å². The van der Waals surface area contributed by atoms with Crippen molar-refractivity contribution in [2.45, 2.75) is 6.92 Å². The Morgan fingerprint density at radius 1 is 1.09 bits per heavy atom. The van der Waals surface area contributed by atoms with E-state index in [1.807, 2.05) is 19.1 Å². The zero-order valence-corrected chi connectivity index (χ0v) is 14.7. The topological polar surface area (TPSA) is 35.5 Å². The van der Waals surface area contributed by atoms with Gasteiger partial charge in [0.15, 0.2) is 0 Å². The van der Waals surface area contributed by atoms with Crippen molar-refractivity contribution in [2.75, 3.05) is 7.11 Å². The van der Waals surface area contributed by atoms with Gasteiger partial charge in [0, 0.05) is 15.1 Å². The maximum atomic E-state index is 12.4. The van der Waals surface area contributed by atoms with Crippen molar-refractivity contribution in [3.8, 4) is 11.5 Å². The molecule has 118 valence electrons. The molecule has 0 aliphatic rings. The number of rotatable bonds is 3. The lowest BCUT2D eigenvalue weighted by atomic mass is 10.2. The van der Waals surface area contributed by atoms with Crippen molar-refractivity contribution in [1.29, 1.82) is 0 Å². The van der Waals surface area contributed by atoms with Crippen LogP contribution in [-0.4, -0.2) is 13.1 Å². The first kappa shape index (κ1) is 16.1. The molecule has 0 spiro atoms. The van der Waals surface area contributed by atoms with Crippen LogP contribution in [0.3, 0.4) is 0 Å². The van der Waals surface area contributed by atoms with E-state index in [-0.39, 0.29) is 0 Å². The predicted octanol–water partition coefficient (Wildman–Crippen LogP) is 5.74. The number of methoxy groups -OCH3 is 1. The molecule has 0 aliphatic carbocycles. The Bertz CT molecular complexity index is 902. The average molecular weight is 367 g/mol. The smallest absolute Gasteiger partial charge is 0.355 e. The lowest BCUT2D eigenvalue weighted by Crippen LogP contribution is -2.07. The van der Waals surface area contributed by atoms with Gasteiger partial charge in [-0.2, -0.15) is 0 Å². The van der Waals surface area contributed by atoms with E-state index < -0.39 is 5.97 Å². The zero-order valence-electron chi connectivity index (χ0n) is 12.4. The fraction of sp³-hybridized carbons (Fsp3) is 0.118. The van der Waals surface area contributed by atoms with Crippen LogP contribution >= 0.6 is 34.5 Å². The third kappa shape index (κ3) is 3.15. The number of carbonyl (C=O) groups is 1. The molecule has 3 rings (SSSR count). The number of halogens is 2. The summed E-state index contributed by atoms with van der Waals surface area (Å²) in [6.07, 6.45) is 0. The second kappa shape index (κ2) is 6.40. The second-order valence-corrected chi connectivity index (χ2v) is 6.75. The molecule has 0 bridgehead atoms. The van der Waals surface area contributed by atoms with Crippen molar-refractivity contribution in [3.05, 3.63) is 56.9 Å². The Morgan fingerprint density at radius 2 is 1.83 bits per heavy atom. The molecule has 0 aliphatic heterocycles. The van der Waals surface area contributed by atoms with Crippen molar-refractivity contribution in [2.24, 2.45) is 0 Å². The Morgan fingerprint density at radius 3 is 2.52 bits per heavy atom. The predicted molar refractivity (Wildman–Crippen MR) is 94.5 cm³/mol. The van der Waals surface area contributed by atoms with E-state index in [9.17, 15) is 4.79 Å². The second-order valence-electron chi connectivity index (χ2n) is 4.91. The summed E-state index contributed by atoms with van der Waals surface area (Å²) in [6, 6.07) is 10.5. The average Bonchev–Trinajstić information content (AvgIpc) is 2.87. The number of esters is 1. The van der Waals surface area contributed by atoms with E-state index in [4.69, 9.17) is 32.7 Å². The van der Waals surface area contributed by atoms with E-state index in [1.54, 1.807) is 31.4 Å². The molecule has 0 atom stereocenters. The van der Waals surface area contributed by atoms with Crippen LogP contribution in [-0.2, 0) is 0 Å². The molecule has 3 nitrogen and oxygen atoms in total. The van der Waals surface area contributed by atoms with E-state index in [0.29, 0.717) is 26.4 Å². The van der Waals surface area contributed by atoms with Gasteiger partial charge in [0.1, 0.15) is 16.4 Å². The van der Waals surface area contributed by atoms with Crippen molar-refractivity contribution < 1.29 is 14.3 Å². The Balaban J connectivity index is 1.94. The summed E-state index contributed by atoms with van der Waals surface area (Å²) in [5.74, 6) is 0.656. The quantitative estimate of drug-likeness (QED) is 0.437. The minimum atomic E-state index is -0.489. The third-order valence-corrected chi connectivity index (χ3v) is 5.42. The monoisotopic (exact) mass is 366 g/mol. The number of ether oxygens (including phenoxy) is 2. The highest BCUT2D eigenvalue weighted by molar-refractivity contribution is 7.21. The van der Waals surface area contributed by atoms with Gasteiger partial charge in [0.25, 0.3) is 0 Å². The van der Waals surface area contributed by atoms with Gasteiger partial charge >= 0.3 is 5.97 Å². The largest absolute Gasteiger partial charge is 0.497 e. The first-order valence-electron chi connectivity index (χ1n) is 6.74. The van der Waals surface area contributed by atoms with Gasteiger partial charge in [-0.25, -0.2) is 4.79 Å². The van der Waals surface area contributed by atoms with E-state index in [2.05, 4.69) is 0 Å². The number of carbonyl (C=O) groups excluding carboxylic acids is 1. The third-order valence-electron chi connectivity index (χ3n) is 3.36. The molecule has 3 aromatic rings. The van der Waals surface area contributed by atoms with Crippen LogP contribution < -0.4 is 9.47 Å². The first-order chi connectivity index (χ1) is 11.0. The summed E-state index contributed by atoms with van der Waals surface area (Å²) in [6.45, 7) is 1.85. The molecule has 0 N–H and O–H groups in total. The van der Waals surface area contributed by atoms with Crippen LogP contribution in [0.2, 0.25) is 10.0 Å². The molecule has 0 radical (unpaired) electrons. The molecule has 2 aromatic carbocycles. The summed E-state index contributed by atoms with van der Waals surface area (Å²) in [5.41, 5.74) is 0.837. The number of hydrogen-bond acceptors (Lipinski definition) is 4. The van der Waals surface area contributed by atoms with E-state index in [0.717, 1.165) is 15.6 Å². The molecule has 1 aromatic heterocycles. The lowest BCUT2D eigenvalue weighted by molar-refractivity contribution is 0.0740. The van der Waals surface area contributed by atoms with Crippen molar-refractivity contribution in [1.82, 2.24) is 0 Å². The standard InChI is InChI=1S/C17H12Cl2O3S/c1-9-7-11(4-6-13(9)18)22-17(20)16-15(19)12-5-3-10(21-2)8-14(12)23-16/h3-8H,1-2H3. The first-order valence-corrected chi connectivity index (χ1v) is 8.31. The molecular formula is C17H12Cl2O3S. The lowest BCUT2D eigenvalue weighted by Gasteiger charge is -2.05. The Hall–Kier alpha value is -1.75. The molecule has 0 amide bonds. The number of aryl methyl sites for hydroxylation is 1. The molecule has 0 fully saturated rings. The molecule has 0 saturated heterocycles. The maximum Gasteiger partial charge on any atom is 0.355 e. The molecule has 6 heteroatoms. The van der Waals surface area contributed by atoms with Crippen molar-refractivity contribution in [3.63, 3.8) is 0 Å². The highest BCUT2D eigenvalue weighted by Crippen LogP contribution is 2.37. The van der Waals surface area contributed by atoms with Gasteiger partial charge in [-0.3, -0.25) is 0 Å². The minimum Gasteiger partial charge on any atom is -0.497 e. The highest BCUT2D eigenvalue weighted by Gasteiger charge is 2.19. The summed E-state index contributed by atoms with van der Waals surface area (Å²) in [5, 5.41) is 1.82. The minimum absolute atomic E-state index is 0.363. The van der Waals surface area contributed by atoms with Gasteiger partial charge in [0.05, 0.1) is 12.1 Å². The number of hydrogen-bond donors (Lipinski definition) is 0.